The highest BCUT2D eigenvalue weighted by atomic mass is 32.2. The van der Waals surface area contributed by atoms with Crippen molar-refractivity contribution in [3.63, 3.8) is 0 Å². The Kier molecular flexibility index (Phi) is 2.31. The van der Waals surface area contributed by atoms with Crippen molar-refractivity contribution < 1.29 is 8.42 Å². The van der Waals surface area contributed by atoms with E-state index in [0.29, 0.717) is 4.90 Å². The zero-order valence-corrected chi connectivity index (χ0v) is 10.3. The van der Waals surface area contributed by atoms with Crippen LogP contribution in [-0.2, 0) is 9.84 Å². The van der Waals surface area contributed by atoms with E-state index in [1.54, 1.807) is 45.2 Å². The van der Waals surface area contributed by atoms with E-state index in [9.17, 15) is 8.42 Å². The number of fused-ring (bicyclic) bond motifs is 1. The number of hydrogen-bond donors (Lipinski definition) is 1. The summed E-state index contributed by atoms with van der Waals surface area (Å²) in [6, 6.07) is 5.01. The van der Waals surface area contributed by atoms with Gasteiger partial charge in [-0.3, -0.25) is 5.10 Å². The molecule has 0 spiro atoms. The minimum Gasteiger partial charge on any atom is -0.278 e. The zero-order chi connectivity index (χ0) is 12.0. The van der Waals surface area contributed by atoms with E-state index in [0.717, 1.165) is 10.9 Å². The second kappa shape index (κ2) is 3.31. The average molecular weight is 238 g/mol. The van der Waals surface area contributed by atoms with Crippen molar-refractivity contribution in [2.45, 2.75) is 30.4 Å². The molecule has 0 aliphatic carbocycles. The van der Waals surface area contributed by atoms with E-state index >= 15 is 0 Å². The topological polar surface area (TPSA) is 62.8 Å². The number of benzene rings is 1. The SMILES string of the molecule is CC(C)(C)S(=O)(=O)c1ccc2cn[nH]c2c1. The van der Waals surface area contributed by atoms with Gasteiger partial charge in [0.15, 0.2) is 9.84 Å². The summed E-state index contributed by atoms with van der Waals surface area (Å²) in [5, 5.41) is 7.55. The van der Waals surface area contributed by atoms with Crippen molar-refractivity contribution >= 4 is 20.7 Å². The fourth-order valence-electron chi connectivity index (χ4n) is 1.44. The molecule has 1 aromatic heterocycles. The quantitative estimate of drug-likeness (QED) is 0.827. The summed E-state index contributed by atoms with van der Waals surface area (Å²) in [4.78, 5) is 0.330. The van der Waals surface area contributed by atoms with Crippen LogP contribution in [0.2, 0.25) is 0 Å². The molecule has 2 rings (SSSR count). The molecule has 86 valence electrons. The van der Waals surface area contributed by atoms with Crippen LogP contribution < -0.4 is 0 Å². The second-order valence-electron chi connectivity index (χ2n) is 4.73. The summed E-state index contributed by atoms with van der Waals surface area (Å²) in [7, 11) is -3.29. The van der Waals surface area contributed by atoms with Crippen molar-refractivity contribution in [3.05, 3.63) is 24.4 Å². The predicted molar refractivity (Wildman–Crippen MR) is 63.0 cm³/mol. The van der Waals surface area contributed by atoms with Crippen LogP contribution in [0.5, 0.6) is 0 Å². The minimum atomic E-state index is -3.29. The maximum absolute atomic E-state index is 12.2. The summed E-state index contributed by atoms with van der Waals surface area (Å²) in [5.74, 6) is 0. The van der Waals surface area contributed by atoms with Gasteiger partial charge in [0.25, 0.3) is 0 Å². The first-order valence-corrected chi connectivity index (χ1v) is 6.48. The lowest BCUT2D eigenvalue weighted by Gasteiger charge is -2.19. The highest BCUT2D eigenvalue weighted by Gasteiger charge is 2.30. The Labute approximate surface area is 94.6 Å². The van der Waals surface area contributed by atoms with Gasteiger partial charge in [0.05, 0.1) is 21.4 Å². The summed E-state index contributed by atoms with van der Waals surface area (Å²) >= 11 is 0. The fraction of sp³-hybridized carbons (Fsp3) is 0.364. The molecule has 0 radical (unpaired) electrons. The number of aromatic nitrogens is 2. The van der Waals surface area contributed by atoms with Gasteiger partial charge in [-0.2, -0.15) is 5.10 Å². The molecule has 0 aliphatic heterocycles. The summed E-state index contributed by atoms with van der Waals surface area (Å²) in [6.07, 6.45) is 1.67. The number of H-pyrrole nitrogens is 1. The Morgan fingerprint density at radius 3 is 2.56 bits per heavy atom. The smallest absolute Gasteiger partial charge is 0.183 e. The fourth-order valence-corrected chi connectivity index (χ4v) is 2.66. The van der Waals surface area contributed by atoms with Crippen LogP contribution in [0.1, 0.15) is 20.8 Å². The molecule has 0 amide bonds. The van der Waals surface area contributed by atoms with E-state index in [1.807, 2.05) is 0 Å². The van der Waals surface area contributed by atoms with Gasteiger partial charge < -0.3 is 0 Å². The van der Waals surface area contributed by atoms with E-state index in [2.05, 4.69) is 10.2 Å². The largest absolute Gasteiger partial charge is 0.278 e. The summed E-state index contributed by atoms with van der Waals surface area (Å²) in [5.41, 5.74) is 0.741. The number of rotatable bonds is 1. The second-order valence-corrected chi connectivity index (χ2v) is 7.44. The number of nitrogens with one attached hydrogen (secondary N) is 1. The molecule has 0 aliphatic rings. The highest BCUT2D eigenvalue weighted by Crippen LogP contribution is 2.26. The lowest BCUT2D eigenvalue weighted by Crippen LogP contribution is -2.27. The normalized spacial score (nSPS) is 13.2. The molecule has 1 aromatic carbocycles. The van der Waals surface area contributed by atoms with Crippen LogP contribution in [0.25, 0.3) is 10.9 Å². The molecule has 1 heterocycles. The van der Waals surface area contributed by atoms with Gasteiger partial charge in [0, 0.05) is 5.39 Å². The average Bonchev–Trinajstić information content (AvgIpc) is 2.61. The molecule has 4 nitrogen and oxygen atoms in total. The van der Waals surface area contributed by atoms with Crippen molar-refractivity contribution in [1.29, 1.82) is 0 Å². The Bertz CT molecular complexity index is 621. The molecule has 16 heavy (non-hydrogen) atoms. The van der Waals surface area contributed by atoms with E-state index in [-0.39, 0.29) is 0 Å². The van der Waals surface area contributed by atoms with E-state index in [1.165, 1.54) is 0 Å². The molecular weight excluding hydrogens is 224 g/mol. The molecule has 0 atom stereocenters. The van der Waals surface area contributed by atoms with Crippen LogP contribution >= 0.6 is 0 Å². The first-order chi connectivity index (χ1) is 7.32. The Morgan fingerprint density at radius 2 is 1.94 bits per heavy atom. The van der Waals surface area contributed by atoms with E-state index < -0.39 is 14.6 Å². The molecule has 0 fully saturated rings. The van der Waals surface area contributed by atoms with Gasteiger partial charge in [0.2, 0.25) is 0 Å². The standard InChI is InChI=1S/C11H14N2O2S/c1-11(2,3)16(14,15)9-5-4-8-7-12-13-10(8)6-9/h4-7H,1-3H3,(H,12,13). The maximum Gasteiger partial charge on any atom is 0.183 e. The molecule has 0 saturated heterocycles. The van der Waals surface area contributed by atoms with Gasteiger partial charge in [-0.05, 0) is 39.0 Å². The lowest BCUT2D eigenvalue weighted by atomic mass is 10.2. The molecule has 0 saturated carbocycles. The minimum absolute atomic E-state index is 0.330. The van der Waals surface area contributed by atoms with Crippen molar-refractivity contribution in [3.8, 4) is 0 Å². The molecule has 0 bridgehead atoms. The van der Waals surface area contributed by atoms with Crippen LogP contribution in [0, 0.1) is 0 Å². The van der Waals surface area contributed by atoms with Crippen molar-refractivity contribution in [2.75, 3.05) is 0 Å². The van der Waals surface area contributed by atoms with Crippen molar-refractivity contribution in [2.24, 2.45) is 0 Å². The monoisotopic (exact) mass is 238 g/mol. The molecule has 2 aromatic rings. The van der Waals surface area contributed by atoms with Gasteiger partial charge in [-0.1, -0.05) is 0 Å². The Morgan fingerprint density at radius 1 is 1.25 bits per heavy atom. The van der Waals surface area contributed by atoms with Gasteiger partial charge in [-0.15, -0.1) is 0 Å². The first-order valence-electron chi connectivity index (χ1n) is 5.00. The van der Waals surface area contributed by atoms with Gasteiger partial charge in [-0.25, -0.2) is 8.42 Å². The number of sulfone groups is 1. The third kappa shape index (κ3) is 1.61. The van der Waals surface area contributed by atoms with Crippen LogP contribution in [0.15, 0.2) is 29.3 Å². The van der Waals surface area contributed by atoms with Crippen LogP contribution in [0.3, 0.4) is 0 Å². The number of hydrogen-bond acceptors (Lipinski definition) is 3. The van der Waals surface area contributed by atoms with Crippen molar-refractivity contribution in [1.82, 2.24) is 10.2 Å². The predicted octanol–water partition coefficient (Wildman–Crippen LogP) is 2.14. The third-order valence-corrected chi connectivity index (χ3v) is 5.02. The summed E-state index contributed by atoms with van der Waals surface area (Å²) < 4.78 is 23.6. The van der Waals surface area contributed by atoms with Gasteiger partial charge in [0.1, 0.15) is 0 Å². The Balaban J connectivity index is 2.64. The Hall–Kier alpha value is -1.36. The molecular formula is C11H14N2O2S. The highest BCUT2D eigenvalue weighted by molar-refractivity contribution is 7.92. The zero-order valence-electron chi connectivity index (χ0n) is 9.48. The van der Waals surface area contributed by atoms with E-state index in [4.69, 9.17) is 0 Å². The number of nitrogens with zero attached hydrogens (tertiary/aromatic N) is 1. The first kappa shape index (κ1) is 11.1. The van der Waals surface area contributed by atoms with Crippen LogP contribution in [0.4, 0.5) is 0 Å². The summed E-state index contributed by atoms with van der Waals surface area (Å²) in [6.45, 7) is 5.08. The maximum atomic E-state index is 12.2. The third-order valence-electron chi connectivity index (χ3n) is 2.53. The molecule has 5 heteroatoms. The lowest BCUT2D eigenvalue weighted by molar-refractivity contribution is 0.560. The molecule has 1 N–H and O–H groups in total. The van der Waals surface area contributed by atoms with Gasteiger partial charge >= 0.3 is 0 Å². The molecule has 0 unspecified atom stereocenters. The number of aromatic amines is 1. The van der Waals surface area contributed by atoms with Crippen LogP contribution in [-0.4, -0.2) is 23.4 Å².